The Hall–Kier alpha value is -3.47. The lowest BCUT2D eigenvalue weighted by Crippen LogP contribution is -2.29. The van der Waals surface area contributed by atoms with Gasteiger partial charge >= 0.3 is 0 Å². The fourth-order valence-electron chi connectivity index (χ4n) is 2.70. The monoisotopic (exact) mass is 359 g/mol. The summed E-state index contributed by atoms with van der Waals surface area (Å²) in [6, 6.07) is 22.4. The Morgan fingerprint density at radius 2 is 1.63 bits per heavy atom. The average Bonchev–Trinajstić information content (AvgIpc) is 2.74. The van der Waals surface area contributed by atoms with Crippen molar-refractivity contribution in [2.45, 2.75) is 6.42 Å². The molecule has 0 saturated heterocycles. The maximum Gasteiger partial charge on any atom is 0.276 e. The Bertz CT molecular complexity index is 911. The number of aromatic nitrogens is 1. The molecular formula is C22H21N3O2. The van der Waals surface area contributed by atoms with Crippen molar-refractivity contribution in [3.8, 4) is 0 Å². The topological polar surface area (TPSA) is 62.3 Å². The van der Waals surface area contributed by atoms with Crippen LogP contribution >= 0.6 is 0 Å². The minimum Gasteiger partial charge on any atom is -0.352 e. The second-order valence-corrected chi connectivity index (χ2v) is 6.12. The Balaban J connectivity index is 1.64. The maximum absolute atomic E-state index is 12.7. The number of pyridine rings is 1. The van der Waals surface area contributed by atoms with E-state index in [0.717, 1.165) is 17.7 Å². The number of carbonyl (C=O) groups is 2. The number of rotatable bonds is 6. The van der Waals surface area contributed by atoms with Crippen molar-refractivity contribution in [1.82, 2.24) is 10.3 Å². The molecule has 27 heavy (non-hydrogen) atoms. The summed E-state index contributed by atoms with van der Waals surface area (Å²) in [5, 5.41) is 2.88. The summed E-state index contributed by atoms with van der Waals surface area (Å²) in [5.74, 6) is -0.482. The molecule has 3 rings (SSSR count). The number of hydrogen-bond acceptors (Lipinski definition) is 3. The van der Waals surface area contributed by atoms with Gasteiger partial charge in [-0.25, -0.2) is 0 Å². The Labute approximate surface area is 158 Å². The van der Waals surface area contributed by atoms with E-state index < -0.39 is 0 Å². The Morgan fingerprint density at radius 1 is 0.963 bits per heavy atom. The number of amides is 2. The van der Waals surface area contributed by atoms with Crippen molar-refractivity contribution >= 4 is 17.5 Å². The van der Waals surface area contributed by atoms with Gasteiger partial charge in [-0.3, -0.25) is 14.6 Å². The van der Waals surface area contributed by atoms with Crippen LogP contribution in [0.25, 0.3) is 0 Å². The number of benzene rings is 2. The van der Waals surface area contributed by atoms with Gasteiger partial charge in [-0.15, -0.1) is 0 Å². The number of nitrogens with zero attached hydrogens (tertiary/aromatic N) is 2. The van der Waals surface area contributed by atoms with Crippen LogP contribution in [0.15, 0.2) is 79.0 Å². The molecule has 0 atom stereocenters. The predicted molar refractivity (Wildman–Crippen MR) is 106 cm³/mol. The van der Waals surface area contributed by atoms with Gasteiger partial charge < -0.3 is 10.2 Å². The fraction of sp³-hybridized carbons (Fsp3) is 0.136. The Kier molecular flexibility index (Phi) is 5.94. The zero-order valence-electron chi connectivity index (χ0n) is 15.1. The molecule has 136 valence electrons. The van der Waals surface area contributed by atoms with Crippen molar-refractivity contribution in [3.63, 3.8) is 0 Å². The third-order valence-electron chi connectivity index (χ3n) is 4.23. The molecule has 0 aliphatic carbocycles. The first-order chi connectivity index (χ1) is 13.1. The molecular weight excluding hydrogens is 338 g/mol. The summed E-state index contributed by atoms with van der Waals surface area (Å²) >= 11 is 0. The number of carbonyl (C=O) groups excluding carboxylic acids is 2. The number of nitrogens with one attached hydrogen (secondary N) is 1. The normalized spacial score (nSPS) is 10.3. The molecule has 5 heteroatoms. The smallest absolute Gasteiger partial charge is 0.276 e. The van der Waals surface area contributed by atoms with Crippen molar-refractivity contribution in [2.24, 2.45) is 0 Å². The molecule has 3 aromatic rings. The van der Waals surface area contributed by atoms with Crippen molar-refractivity contribution in [3.05, 3.63) is 95.8 Å². The van der Waals surface area contributed by atoms with Gasteiger partial charge in [-0.1, -0.05) is 48.5 Å². The van der Waals surface area contributed by atoms with Crippen molar-refractivity contribution in [1.29, 1.82) is 0 Å². The molecule has 0 aliphatic rings. The van der Waals surface area contributed by atoms with E-state index in [2.05, 4.69) is 10.3 Å². The third-order valence-corrected chi connectivity index (χ3v) is 4.23. The van der Waals surface area contributed by atoms with Crippen LogP contribution in [-0.2, 0) is 6.42 Å². The SMILES string of the molecule is CN(C(=O)c1cc(C(=O)NCCc2ccccc2)ccn1)c1ccccc1. The molecule has 0 spiro atoms. The third kappa shape index (κ3) is 4.79. The zero-order valence-corrected chi connectivity index (χ0v) is 15.1. The van der Waals surface area contributed by atoms with E-state index in [-0.39, 0.29) is 17.5 Å². The number of hydrogen-bond donors (Lipinski definition) is 1. The predicted octanol–water partition coefficient (Wildman–Crippen LogP) is 3.33. The van der Waals surface area contributed by atoms with E-state index in [1.807, 2.05) is 60.7 Å². The summed E-state index contributed by atoms with van der Waals surface area (Å²) in [5.41, 5.74) is 2.58. The fourth-order valence-corrected chi connectivity index (χ4v) is 2.70. The molecule has 1 heterocycles. The van der Waals surface area contributed by atoms with Gasteiger partial charge in [0.25, 0.3) is 11.8 Å². The summed E-state index contributed by atoms with van der Waals surface area (Å²) in [4.78, 5) is 30.7. The Morgan fingerprint density at radius 3 is 2.33 bits per heavy atom. The van der Waals surface area contributed by atoms with E-state index in [9.17, 15) is 9.59 Å². The highest BCUT2D eigenvalue weighted by atomic mass is 16.2. The lowest BCUT2D eigenvalue weighted by molar-refractivity contribution is 0.0954. The largest absolute Gasteiger partial charge is 0.352 e. The van der Waals surface area contributed by atoms with Crippen molar-refractivity contribution < 1.29 is 9.59 Å². The van der Waals surface area contributed by atoms with Crippen LogP contribution in [0.1, 0.15) is 26.4 Å². The number of para-hydroxylation sites is 1. The summed E-state index contributed by atoms with van der Waals surface area (Å²) < 4.78 is 0. The first-order valence-electron chi connectivity index (χ1n) is 8.76. The second kappa shape index (κ2) is 8.76. The highest BCUT2D eigenvalue weighted by Crippen LogP contribution is 2.14. The van der Waals surface area contributed by atoms with Gasteiger partial charge in [-0.2, -0.15) is 0 Å². The molecule has 0 aliphatic heterocycles. The maximum atomic E-state index is 12.7. The molecule has 0 unspecified atom stereocenters. The summed E-state index contributed by atoms with van der Waals surface area (Å²) in [7, 11) is 1.69. The van der Waals surface area contributed by atoms with Crippen LogP contribution < -0.4 is 10.2 Å². The zero-order chi connectivity index (χ0) is 19.1. The molecule has 0 bridgehead atoms. The molecule has 2 amide bonds. The summed E-state index contributed by atoms with van der Waals surface area (Å²) in [6.07, 6.45) is 2.23. The standard InChI is InChI=1S/C22H21N3O2/c1-25(19-10-6-3-7-11-19)22(27)20-16-18(13-15-23-20)21(26)24-14-12-17-8-4-2-5-9-17/h2-11,13,15-16H,12,14H2,1H3,(H,24,26). The molecule has 1 N–H and O–H groups in total. The van der Waals surface area contributed by atoms with Gasteiger partial charge in [0, 0.05) is 31.0 Å². The van der Waals surface area contributed by atoms with Crippen LogP contribution in [-0.4, -0.2) is 30.4 Å². The van der Waals surface area contributed by atoms with Gasteiger partial charge in [-0.05, 0) is 36.2 Å². The molecule has 0 radical (unpaired) electrons. The first kappa shape index (κ1) is 18.3. The van der Waals surface area contributed by atoms with E-state index in [0.29, 0.717) is 12.1 Å². The number of anilines is 1. The minimum absolute atomic E-state index is 0.218. The highest BCUT2D eigenvalue weighted by Gasteiger charge is 2.16. The van der Waals surface area contributed by atoms with Crippen LogP contribution in [0.5, 0.6) is 0 Å². The van der Waals surface area contributed by atoms with Crippen LogP contribution in [0.4, 0.5) is 5.69 Å². The van der Waals surface area contributed by atoms with E-state index in [4.69, 9.17) is 0 Å². The van der Waals surface area contributed by atoms with Crippen LogP contribution in [0, 0.1) is 0 Å². The van der Waals surface area contributed by atoms with E-state index in [1.54, 1.807) is 13.1 Å². The first-order valence-corrected chi connectivity index (χ1v) is 8.76. The van der Waals surface area contributed by atoms with Gasteiger partial charge in [0.1, 0.15) is 5.69 Å². The van der Waals surface area contributed by atoms with Gasteiger partial charge in [0.2, 0.25) is 0 Å². The average molecular weight is 359 g/mol. The molecule has 5 nitrogen and oxygen atoms in total. The highest BCUT2D eigenvalue weighted by molar-refractivity contribution is 6.06. The lowest BCUT2D eigenvalue weighted by atomic mass is 10.1. The van der Waals surface area contributed by atoms with Crippen molar-refractivity contribution in [2.75, 3.05) is 18.5 Å². The van der Waals surface area contributed by atoms with Crippen LogP contribution in [0.3, 0.4) is 0 Å². The molecule has 0 saturated carbocycles. The molecule has 2 aromatic carbocycles. The lowest BCUT2D eigenvalue weighted by Gasteiger charge is -2.17. The van der Waals surface area contributed by atoms with E-state index in [1.165, 1.54) is 17.2 Å². The second-order valence-electron chi connectivity index (χ2n) is 6.12. The quantitative estimate of drug-likeness (QED) is 0.734. The van der Waals surface area contributed by atoms with Gasteiger partial charge in [0.05, 0.1) is 0 Å². The minimum atomic E-state index is -0.264. The van der Waals surface area contributed by atoms with Crippen LogP contribution in [0.2, 0.25) is 0 Å². The van der Waals surface area contributed by atoms with E-state index >= 15 is 0 Å². The molecule has 1 aromatic heterocycles. The molecule has 0 fully saturated rings. The summed E-state index contributed by atoms with van der Waals surface area (Å²) in [6.45, 7) is 0.526. The van der Waals surface area contributed by atoms with Gasteiger partial charge in [0.15, 0.2) is 0 Å².